The zero-order valence-corrected chi connectivity index (χ0v) is 15.3. The number of carbonyl (C=O) groups is 2. The smallest absolute Gasteiger partial charge is 0.243 e. The normalized spacial score (nSPS) is 10.4. The van der Waals surface area contributed by atoms with Crippen molar-refractivity contribution >= 4 is 40.5 Å². The van der Waals surface area contributed by atoms with E-state index in [2.05, 4.69) is 16.0 Å². The third kappa shape index (κ3) is 5.80. The van der Waals surface area contributed by atoms with Crippen molar-refractivity contribution in [1.29, 1.82) is 0 Å². The number of carbonyl (C=O) groups excluding carboxylic acids is 2. The van der Waals surface area contributed by atoms with E-state index in [1.807, 2.05) is 32.9 Å². The van der Waals surface area contributed by atoms with E-state index in [1.54, 1.807) is 30.3 Å². The summed E-state index contributed by atoms with van der Waals surface area (Å²) in [5, 5.41) is 9.29. The van der Waals surface area contributed by atoms with Crippen LogP contribution in [0.2, 0.25) is 5.02 Å². The number of benzene rings is 2. The lowest BCUT2D eigenvalue weighted by molar-refractivity contribution is -0.119. The van der Waals surface area contributed by atoms with E-state index in [9.17, 15) is 9.59 Å². The molecule has 0 radical (unpaired) electrons. The largest absolute Gasteiger partial charge is 0.376 e. The zero-order valence-electron chi connectivity index (χ0n) is 14.5. The van der Waals surface area contributed by atoms with Crippen molar-refractivity contribution in [3.05, 3.63) is 53.1 Å². The van der Waals surface area contributed by atoms with Crippen LogP contribution in [0.1, 0.15) is 19.4 Å². The Bertz CT molecular complexity index is 758. The molecule has 2 rings (SSSR count). The minimum absolute atomic E-state index is 0.0436. The van der Waals surface area contributed by atoms with Crippen LogP contribution in [0.4, 0.5) is 17.1 Å². The van der Waals surface area contributed by atoms with Crippen LogP contribution < -0.4 is 16.0 Å². The van der Waals surface area contributed by atoms with Gasteiger partial charge in [0.15, 0.2) is 0 Å². The Morgan fingerprint density at radius 3 is 2.20 bits per heavy atom. The van der Waals surface area contributed by atoms with Gasteiger partial charge in [-0.1, -0.05) is 31.5 Å². The molecule has 0 fully saturated rings. The maximum absolute atomic E-state index is 12.1. The molecule has 132 valence electrons. The summed E-state index contributed by atoms with van der Waals surface area (Å²) in [4.78, 5) is 23.7. The Morgan fingerprint density at radius 1 is 1.00 bits per heavy atom. The molecule has 2 aromatic carbocycles. The van der Waals surface area contributed by atoms with Crippen LogP contribution in [0.5, 0.6) is 0 Å². The topological polar surface area (TPSA) is 70.2 Å². The summed E-state index contributed by atoms with van der Waals surface area (Å²) < 4.78 is 0. The number of rotatable bonds is 6. The Hall–Kier alpha value is -2.53. The highest BCUT2D eigenvalue weighted by atomic mass is 35.5. The maximum atomic E-state index is 12.1. The van der Waals surface area contributed by atoms with Crippen molar-refractivity contribution in [2.45, 2.75) is 20.8 Å². The van der Waals surface area contributed by atoms with Gasteiger partial charge >= 0.3 is 0 Å². The first kappa shape index (κ1) is 18.8. The Balaban J connectivity index is 1.88. The lowest BCUT2D eigenvalue weighted by atomic mass is 10.2. The van der Waals surface area contributed by atoms with Gasteiger partial charge in [-0.2, -0.15) is 0 Å². The van der Waals surface area contributed by atoms with Crippen LogP contribution in [0, 0.1) is 12.8 Å². The maximum Gasteiger partial charge on any atom is 0.243 e. The standard InChI is InChI=1S/C19H22ClN3O2/c1-12(2)19(25)23-16-8-6-15(7-9-16)22-18(24)11-21-17-10-14(20)5-4-13(17)3/h4-10,12,21H,11H2,1-3H3,(H,22,24)(H,23,25). The van der Waals surface area contributed by atoms with Gasteiger partial charge in [-0.3, -0.25) is 9.59 Å². The molecule has 25 heavy (non-hydrogen) atoms. The molecule has 0 bridgehead atoms. The molecule has 0 atom stereocenters. The van der Waals surface area contributed by atoms with Gasteiger partial charge in [0.05, 0.1) is 6.54 Å². The van der Waals surface area contributed by atoms with Gasteiger partial charge in [0.2, 0.25) is 11.8 Å². The Kier molecular flexibility index (Phi) is 6.42. The second-order valence-electron chi connectivity index (χ2n) is 6.08. The fraction of sp³-hybridized carbons (Fsp3) is 0.263. The van der Waals surface area contributed by atoms with Crippen LogP contribution in [-0.2, 0) is 9.59 Å². The monoisotopic (exact) mass is 359 g/mol. The molecule has 0 aliphatic rings. The summed E-state index contributed by atoms with van der Waals surface area (Å²) in [5.41, 5.74) is 3.21. The lowest BCUT2D eigenvalue weighted by Crippen LogP contribution is -2.22. The average Bonchev–Trinajstić information content (AvgIpc) is 2.57. The SMILES string of the molecule is Cc1ccc(Cl)cc1NCC(=O)Nc1ccc(NC(=O)C(C)C)cc1. The van der Waals surface area contributed by atoms with E-state index in [4.69, 9.17) is 11.6 Å². The molecule has 6 heteroatoms. The molecule has 0 unspecified atom stereocenters. The summed E-state index contributed by atoms with van der Waals surface area (Å²) in [5.74, 6) is -0.295. The fourth-order valence-electron chi connectivity index (χ4n) is 2.09. The number of hydrogen-bond acceptors (Lipinski definition) is 3. The minimum atomic E-state index is -0.168. The van der Waals surface area contributed by atoms with Gasteiger partial charge in [0.25, 0.3) is 0 Å². The molecule has 2 aromatic rings. The quantitative estimate of drug-likeness (QED) is 0.720. The first-order valence-corrected chi connectivity index (χ1v) is 8.44. The van der Waals surface area contributed by atoms with Gasteiger partial charge in [-0.05, 0) is 48.9 Å². The van der Waals surface area contributed by atoms with Gasteiger partial charge in [0, 0.05) is 28.0 Å². The highest BCUT2D eigenvalue weighted by Gasteiger charge is 2.08. The van der Waals surface area contributed by atoms with Crippen molar-refractivity contribution in [3.8, 4) is 0 Å². The highest BCUT2D eigenvalue weighted by molar-refractivity contribution is 6.30. The molecular weight excluding hydrogens is 338 g/mol. The second-order valence-corrected chi connectivity index (χ2v) is 6.52. The molecule has 2 amide bonds. The third-order valence-electron chi connectivity index (χ3n) is 3.60. The Morgan fingerprint density at radius 2 is 1.60 bits per heavy atom. The van der Waals surface area contributed by atoms with E-state index >= 15 is 0 Å². The summed E-state index contributed by atoms with van der Waals surface area (Å²) in [6.45, 7) is 5.74. The van der Waals surface area contributed by atoms with Crippen molar-refractivity contribution < 1.29 is 9.59 Å². The summed E-state index contributed by atoms with van der Waals surface area (Å²) >= 11 is 5.96. The van der Waals surface area contributed by atoms with Gasteiger partial charge in [-0.25, -0.2) is 0 Å². The predicted octanol–water partition coefficient (Wildman–Crippen LogP) is 4.29. The van der Waals surface area contributed by atoms with Crippen molar-refractivity contribution in [2.75, 3.05) is 22.5 Å². The van der Waals surface area contributed by atoms with Gasteiger partial charge < -0.3 is 16.0 Å². The number of nitrogens with one attached hydrogen (secondary N) is 3. The summed E-state index contributed by atoms with van der Waals surface area (Å²) in [6, 6.07) is 12.5. The number of aryl methyl sites for hydroxylation is 1. The van der Waals surface area contributed by atoms with Crippen LogP contribution in [-0.4, -0.2) is 18.4 Å². The van der Waals surface area contributed by atoms with E-state index in [0.29, 0.717) is 16.4 Å². The number of amides is 2. The van der Waals surface area contributed by atoms with Crippen molar-refractivity contribution in [2.24, 2.45) is 5.92 Å². The van der Waals surface area contributed by atoms with E-state index in [-0.39, 0.29) is 24.3 Å². The zero-order chi connectivity index (χ0) is 18.4. The molecule has 5 nitrogen and oxygen atoms in total. The van der Waals surface area contributed by atoms with Crippen molar-refractivity contribution in [1.82, 2.24) is 0 Å². The molecule has 0 heterocycles. The molecule has 0 saturated heterocycles. The lowest BCUT2D eigenvalue weighted by Gasteiger charge is -2.11. The molecule has 3 N–H and O–H groups in total. The third-order valence-corrected chi connectivity index (χ3v) is 3.83. The van der Waals surface area contributed by atoms with Gasteiger partial charge in [0.1, 0.15) is 0 Å². The number of hydrogen-bond donors (Lipinski definition) is 3. The molecule has 0 aliphatic carbocycles. The summed E-state index contributed by atoms with van der Waals surface area (Å²) in [7, 11) is 0. The molecular formula is C19H22ClN3O2. The number of anilines is 3. The molecule has 0 aliphatic heterocycles. The van der Waals surface area contributed by atoms with Crippen LogP contribution in [0.3, 0.4) is 0 Å². The molecule has 0 aromatic heterocycles. The predicted molar refractivity (Wildman–Crippen MR) is 103 cm³/mol. The van der Waals surface area contributed by atoms with E-state index < -0.39 is 0 Å². The van der Waals surface area contributed by atoms with Crippen LogP contribution >= 0.6 is 11.6 Å². The second kappa shape index (κ2) is 8.53. The first-order valence-electron chi connectivity index (χ1n) is 8.06. The average molecular weight is 360 g/mol. The number of halogens is 1. The van der Waals surface area contributed by atoms with E-state index in [0.717, 1.165) is 11.3 Å². The highest BCUT2D eigenvalue weighted by Crippen LogP contribution is 2.20. The van der Waals surface area contributed by atoms with E-state index in [1.165, 1.54) is 0 Å². The summed E-state index contributed by atoms with van der Waals surface area (Å²) in [6.07, 6.45) is 0. The molecule has 0 spiro atoms. The Labute approximate surface area is 152 Å². The molecule has 0 saturated carbocycles. The fourth-order valence-corrected chi connectivity index (χ4v) is 2.26. The van der Waals surface area contributed by atoms with Crippen molar-refractivity contribution in [3.63, 3.8) is 0 Å². The first-order chi connectivity index (χ1) is 11.8. The van der Waals surface area contributed by atoms with Crippen LogP contribution in [0.15, 0.2) is 42.5 Å². The van der Waals surface area contributed by atoms with Gasteiger partial charge in [-0.15, -0.1) is 0 Å². The minimum Gasteiger partial charge on any atom is -0.376 e. The van der Waals surface area contributed by atoms with Crippen LogP contribution in [0.25, 0.3) is 0 Å².